The average molecular weight is 299 g/mol. The maximum absolute atomic E-state index is 8.39. The highest BCUT2D eigenvalue weighted by atomic mass is 32.2. The highest BCUT2D eigenvalue weighted by molar-refractivity contribution is 8.03. The Hall–Kier alpha value is -1.96. The SMILES string of the molecule is N#CSCCCOCc1ccc(Oc2ccccc2)cc1. The van der Waals surface area contributed by atoms with Crippen LogP contribution in [0.3, 0.4) is 0 Å². The summed E-state index contributed by atoms with van der Waals surface area (Å²) in [4.78, 5) is 0. The summed E-state index contributed by atoms with van der Waals surface area (Å²) in [6.07, 6.45) is 0.896. The largest absolute Gasteiger partial charge is 0.457 e. The van der Waals surface area contributed by atoms with Crippen LogP contribution in [0, 0.1) is 10.7 Å². The molecular formula is C17H17NO2S. The van der Waals surface area contributed by atoms with Crippen molar-refractivity contribution in [2.75, 3.05) is 12.4 Å². The molecule has 21 heavy (non-hydrogen) atoms. The lowest BCUT2D eigenvalue weighted by Crippen LogP contribution is -1.96. The number of hydrogen-bond donors (Lipinski definition) is 0. The lowest BCUT2D eigenvalue weighted by molar-refractivity contribution is 0.122. The van der Waals surface area contributed by atoms with Crippen molar-refractivity contribution in [2.24, 2.45) is 0 Å². The number of hydrogen-bond acceptors (Lipinski definition) is 4. The second kappa shape index (κ2) is 9.06. The van der Waals surface area contributed by atoms with Gasteiger partial charge >= 0.3 is 0 Å². The molecule has 0 radical (unpaired) electrons. The molecule has 0 saturated carbocycles. The zero-order valence-electron chi connectivity index (χ0n) is 11.7. The van der Waals surface area contributed by atoms with Crippen LogP contribution in [0.1, 0.15) is 12.0 Å². The first-order valence-corrected chi connectivity index (χ1v) is 7.77. The van der Waals surface area contributed by atoms with Gasteiger partial charge in [0.15, 0.2) is 0 Å². The molecule has 2 aromatic carbocycles. The highest BCUT2D eigenvalue weighted by Gasteiger charge is 1.98. The molecule has 0 bridgehead atoms. The molecule has 0 spiro atoms. The van der Waals surface area contributed by atoms with Crippen molar-refractivity contribution in [3.8, 4) is 16.9 Å². The molecule has 0 saturated heterocycles. The molecule has 3 nitrogen and oxygen atoms in total. The van der Waals surface area contributed by atoms with Crippen molar-refractivity contribution < 1.29 is 9.47 Å². The number of nitrogens with zero attached hydrogens (tertiary/aromatic N) is 1. The Morgan fingerprint density at radius 2 is 1.67 bits per heavy atom. The third kappa shape index (κ3) is 5.90. The monoisotopic (exact) mass is 299 g/mol. The van der Waals surface area contributed by atoms with E-state index in [0.717, 1.165) is 29.2 Å². The van der Waals surface area contributed by atoms with Gasteiger partial charge in [-0.15, -0.1) is 0 Å². The standard InChI is InChI=1S/C17H17NO2S/c18-14-21-12-4-11-19-13-15-7-9-17(10-8-15)20-16-5-2-1-3-6-16/h1-3,5-10H,4,11-13H2. The van der Waals surface area contributed by atoms with Crippen molar-refractivity contribution in [3.05, 3.63) is 60.2 Å². The van der Waals surface area contributed by atoms with Crippen LogP contribution in [0.15, 0.2) is 54.6 Å². The van der Waals surface area contributed by atoms with E-state index in [1.54, 1.807) is 0 Å². The Morgan fingerprint density at radius 1 is 0.952 bits per heavy atom. The Morgan fingerprint density at radius 3 is 2.38 bits per heavy atom. The van der Waals surface area contributed by atoms with E-state index in [2.05, 4.69) is 0 Å². The second-order valence-corrected chi connectivity index (χ2v) is 5.28. The van der Waals surface area contributed by atoms with E-state index in [1.165, 1.54) is 11.8 Å². The van der Waals surface area contributed by atoms with Crippen LogP contribution in [-0.4, -0.2) is 12.4 Å². The summed E-state index contributed by atoms with van der Waals surface area (Å²) in [6, 6.07) is 17.6. The third-order valence-electron chi connectivity index (χ3n) is 2.77. The molecule has 0 atom stereocenters. The van der Waals surface area contributed by atoms with E-state index in [-0.39, 0.29) is 0 Å². The van der Waals surface area contributed by atoms with Crippen LogP contribution < -0.4 is 4.74 Å². The predicted molar refractivity (Wildman–Crippen MR) is 85.3 cm³/mol. The fraction of sp³-hybridized carbons (Fsp3) is 0.235. The van der Waals surface area contributed by atoms with Gasteiger partial charge in [0.25, 0.3) is 0 Å². The Bertz CT molecular complexity index is 564. The fourth-order valence-electron chi connectivity index (χ4n) is 1.75. The van der Waals surface area contributed by atoms with Crippen molar-refractivity contribution in [1.29, 1.82) is 5.26 Å². The third-order valence-corrected chi connectivity index (χ3v) is 3.39. The highest BCUT2D eigenvalue weighted by Crippen LogP contribution is 2.21. The van der Waals surface area contributed by atoms with E-state index in [1.807, 2.05) is 60.0 Å². The van der Waals surface area contributed by atoms with Crippen LogP contribution in [0.2, 0.25) is 0 Å². The molecule has 2 aromatic rings. The fourth-order valence-corrected chi connectivity index (χ4v) is 2.10. The van der Waals surface area contributed by atoms with Crippen LogP contribution in [0.4, 0.5) is 0 Å². The molecule has 0 aliphatic heterocycles. The molecule has 0 fully saturated rings. The molecule has 2 rings (SSSR count). The second-order valence-electron chi connectivity index (χ2n) is 4.40. The van der Waals surface area contributed by atoms with Gasteiger partial charge in [-0.25, -0.2) is 0 Å². The first kappa shape index (κ1) is 15.4. The van der Waals surface area contributed by atoms with Crippen molar-refractivity contribution in [3.63, 3.8) is 0 Å². The minimum Gasteiger partial charge on any atom is -0.457 e. The number of nitriles is 1. The van der Waals surface area contributed by atoms with Gasteiger partial charge in [-0.1, -0.05) is 30.3 Å². The summed E-state index contributed by atoms with van der Waals surface area (Å²) in [5, 5.41) is 10.4. The van der Waals surface area contributed by atoms with Crippen molar-refractivity contribution in [2.45, 2.75) is 13.0 Å². The number of benzene rings is 2. The Balaban J connectivity index is 1.73. The molecular weight excluding hydrogens is 282 g/mol. The van der Waals surface area contributed by atoms with Gasteiger partial charge in [-0.05, 0) is 48.0 Å². The summed E-state index contributed by atoms with van der Waals surface area (Å²) in [5.74, 6) is 2.47. The number of thiocyanates is 1. The molecule has 0 aromatic heterocycles. The summed E-state index contributed by atoms with van der Waals surface area (Å²) in [7, 11) is 0. The number of thioether (sulfide) groups is 1. The molecule has 0 heterocycles. The average Bonchev–Trinajstić information content (AvgIpc) is 2.53. The molecule has 0 amide bonds. The predicted octanol–water partition coefficient (Wildman–Crippen LogP) is 4.60. The molecule has 0 aliphatic carbocycles. The Kier molecular flexibility index (Phi) is 6.66. The van der Waals surface area contributed by atoms with Gasteiger partial charge in [-0.3, -0.25) is 0 Å². The summed E-state index contributed by atoms with van der Waals surface area (Å²) < 4.78 is 11.3. The van der Waals surface area contributed by atoms with E-state index in [4.69, 9.17) is 14.7 Å². The van der Waals surface area contributed by atoms with Gasteiger partial charge in [-0.2, -0.15) is 5.26 Å². The van der Waals surface area contributed by atoms with Gasteiger partial charge in [0.2, 0.25) is 0 Å². The lowest BCUT2D eigenvalue weighted by Gasteiger charge is -2.07. The molecule has 0 N–H and O–H groups in total. The zero-order chi connectivity index (χ0) is 14.8. The van der Waals surface area contributed by atoms with Crippen molar-refractivity contribution in [1.82, 2.24) is 0 Å². The topological polar surface area (TPSA) is 42.2 Å². The maximum Gasteiger partial charge on any atom is 0.133 e. The molecule has 108 valence electrons. The normalized spacial score (nSPS) is 10.0. The number of ether oxygens (including phenoxy) is 2. The Labute approximate surface area is 129 Å². The van der Waals surface area contributed by atoms with Gasteiger partial charge in [0.1, 0.15) is 16.9 Å². The van der Waals surface area contributed by atoms with Crippen LogP contribution in [0.25, 0.3) is 0 Å². The van der Waals surface area contributed by atoms with Gasteiger partial charge in [0.05, 0.1) is 6.61 Å². The van der Waals surface area contributed by atoms with Crippen LogP contribution in [0.5, 0.6) is 11.5 Å². The van der Waals surface area contributed by atoms with E-state index >= 15 is 0 Å². The van der Waals surface area contributed by atoms with E-state index in [9.17, 15) is 0 Å². The van der Waals surface area contributed by atoms with Crippen LogP contribution in [-0.2, 0) is 11.3 Å². The summed E-state index contributed by atoms with van der Waals surface area (Å²) >= 11 is 1.27. The lowest BCUT2D eigenvalue weighted by atomic mass is 10.2. The number of rotatable bonds is 8. The summed E-state index contributed by atoms with van der Waals surface area (Å²) in [6.45, 7) is 1.26. The van der Waals surface area contributed by atoms with Gasteiger partial charge in [0, 0.05) is 12.4 Å². The van der Waals surface area contributed by atoms with Crippen molar-refractivity contribution >= 4 is 11.8 Å². The molecule has 0 unspecified atom stereocenters. The quantitative estimate of drug-likeness (QED) is 0.527. The van der Waals surface area contributed by atoms with E-state index < -0.39 is 0 Å². The number of para-hydroxylation sites is 1. The zero-order valence-corrected chi connectivity index (χ0v) is 12.5. The minimum absolute atomic E-state index is 0.586. The smallest absolute Gasteiger partial charge is 0.133 e. The minimum atomic E-state index is 0.586. The maximum atomic E-state index is 8.39. The molecule has 4 heteroatoms. The first-order chi connectivity index (χ1) is 10.4. The van der Waals surface area contributed by atoms with E-state index in [0.29, 0.717) is 13.2 Å². The van der Waals surface area contributed by atoms with Gasteiger partial charge < -0.3 is 9.47 Å². The summed E-state index contributed by atoms with van der Waals surface area (Å²) in [5.41, 5.74) is 1.11. The first-order valence-electron chi connectivity index (χ1n) is 6.79. The molecule has 0 aliphatic rings. The van der Waals surface area contributed by atoms with Crippen LogP contribution >= 0.6 is 11.8 Å².